The lowest BCUT2D eigenvalue weighted by atomic mass is 10.00. The quantitative estimate of drug-likeness (QED) is 0.898. The molecule has 1 aromatic rings. The van der Waals surface area contributed by atoms with E-state index in [4.69, 9.17) is 0 Å². The van der Waals surface area contributed by atoms with E-state index in [-0.39, 0.29) is 18.0 Å². The van der Waals surface area contributed by atoms with Gasteiger partial charge in [0.15, 0.2) is 0 Å². The van der Waals surface area contributed by atoms with Crippen molar-refractivity contribution in [2.45, 2.75) is 50.7 Å². The molecule has 1 aromatic heterocycles. The van der Waals surface area contributed by atoms with Gasteiger partial charge in [-0.1, -0.05) is 0 Å². The van der Waals surface area contributed by atoms with Crippen LogP contribution in [0.5, 0.6) is 0 Å². The zero-order valence-electron chi connectivity index (χ0n) is 11.4. The molecule has 102 valence electrons. The first-order valence-corrected chi connectivity index (χ1v) is 7.22. The molecule has 1 saturated carbocycles. The van der Waals surface area contributed by atoms with E-state index in [2.05, 4.69) is 17.2 Å². The van der Waals surface area contributed by atoms with Crippen molar-refractivity contribution in [1.82, 2.24) is 15.2 Å². The summed E-state index contributed by atoms with van der Waals surface area (Å²) in [5, 5.41) is 3.48. The Balaban J connectivity index is 1.70. The number of pyridine rings is 1. The molecule has 1 saturated heterocycles. The first kappa shape index (κ1) is 12.6. The smallest absolute Gasteiger partial charge is 0.240 e. The molecule has 4 nitrogen and oxygen atoms in total. The van der Waals surface area contributed by atoms with Gasteiger partial charge in [0, 0.05) is 25.0 Å². The van der Waals surface area contributed by atoms with Gasteiger partial charge in [-0.05, 0) is 50.3 Å². The lowest BCUT2D eigenvalue weighted by Gasteiger charge is -2.37. The maximum absolute atomic E-state index is 12.6. The third kappa shape index (κ3) is 2.78. The molecule has 2 atom stereocenters. The van der Waals surface area contributed by atoms with Crippen LogP contribution < -0.4 is 5.32 Å². The van der Waals surface area contributed by atoms with Crippen LogP contribution in [0, 0.1) is 0 Å². The number of piperidine rings is 1. The van der Waals surface area contributed by atoms with Crippen LogP contribution in [0.15, 0.2) is 24.5 Å². The highest BCUT2D eigenvalue weighted by atomic mass is 16.2. The summed E-state index contributed by atoms with van der Waals surface area (Å²) in [4.78, 5) is 18.6. The Morgan fingerprint density at radius 1 is 1.32 bits per heavy atom. The van der Waals surface area contributed by atoms with Gasteiger partial charge in [-0.25, -0.2) is 0 Å². The molecule has 3 rings (SSSR count). The molecule has 19 heavy (non-hydrogen) atoms. The molecule has 2 heterocycles. The average Bonchev–Trinajstić information content (AvgIpc) is 3.25. The van der Waals surface area contributed by atoms with Gasteiger partial charge in [-0.2, -0.15) is 0 Å². The number of likely N-dealkylation sites (tertiary alicyclic amines) is 1. The van der Waals surface area contributed by atoms with Crippen molar-refractivity contribution >= 4 is 5.91 Å². The van der Waals surface area contributed by atoms with E-state index in [1.165, 1.54) is 12.8 Å². The standard InChI is InChI=1S/C15H21N3O/c1-11(12-6-8-16-9-7-12)18-10-2-3-14(15(18)19)17-13-4-5-13/h6-9,11,13-14,17H,2-5,10H2,1H3. The number of nitrogens with zero attached hydrogens (tertiary/aromatic N) is 2. The van der Waals surface area contributed by atoms with Gasteiger partial charge in [-0.3, -0.25) is 9.78 Å². The molecule has 0 aromatic carbocycles. The summed E-state index contributed by atoms with van der Waals surface area (Å²) in [6, 6.07) is 4.75. The van der Waals surface area contributed by atoms with Crippen molar-refractivity contribution in [1.29, 1.82) is 0 Å². The Hall–Kier alpha value is -1.42. The molecule has 0 spiro atoms. The van der Waals surface area contributed by atoms with Gasteiger partial charge in [0.2, 0.25) is 5.91 Å². The predicted octanol–water partition coefficient (Wildman–Crippen LogP) is 1.89. The topological polar surface area (TPSA) is 45.2 Å². The second-order valence-corrected chi connectivity index (χ2v) is 5.62. The maximum Gasteiger partial charge on any atom is 0.240 e. The number of amides is 1. The maximum atomic E-state index is 12.6. The number of hydrogen-bond donors (Lipinski definition) is 1. The van der Waals surface area contributed by atoms with E-state index in [1.807, 2.05) is 17.0 Å². The molecule has 1 N–H and O–H groups in total. The fraction of sp³-hybridized carbons (Fsp3) is 0.600. The Kier molecular flexibility index (Phi) is 3.51. The van der Waals surface area contributed by atoms with Gasteiger partial charge in [0.05, 0.1) is 12.1 Å². The van der Waals surface area contributed by atoms with E-state index in [0.717, 1.165) is 24.9 Å². The zero-order chi connectivity index (χ0) is 13.2. The van der Waals surface area contributed by atoms with Gasteiger partial charge in [-0.15, -0.1) is 0 Å². The Morgan fingerprint density at radius 3 is 2.74 bits per heavy atom. The third-order valence-electron chi connectivity index (χ3n) is 4.14. The first-order chi connectivity index (χ1) is 9.25. The molecule has 1 aliphatic carbocycles. The van der Waals surface area contributed by atoms with Crippen molar-refractivity contribution < 1.29 is 4.79 Å². The number of nitrogens with one attached hydrogen (secondary N) is 1. The summed E-state index contributed by atoms with van der Waals surface area (Å²) in [5.74, 6) is 0.266. The lowest BCUT2D eigenvalue weighted by molar-refractivity contribution is -0.138. The largest absolute Gasteiger partial charge is 0.335 e. The molecule has 2 fully saturated rings. The number of rotatable bonds is 4. The van der Waals surface area contributed by atoms with E-state index in [9.17, 15) is 4.79 Å². The van der Waals surface area contributed by atoms with E-state index < -0.39 is 0 Å². The molecule has 0 bridgehead atoms. The highest BCUT2D eigenvalue weighted by Gasteiger charge is 2.35. The molecule has 1 aliphatic heterocycles. The Labute approximate surface area is 114 Å². The van der Waals surface area contributed by atoms with Crippen LogP contribution in [0.25, 0.3) is 0 Å². The molecular weight excluding hydrogens is 238 g/mol. The number of hydrogen-bond acceptors (Lipinski definition) is 3. The average molecular weight is 259 g/mol. The fourth-order valence-electron chi connectivity index (χ4n) is 2.80. The minimum Gasteiger partial charge on any atom is -0.335 e. The second-order valence-electron chi connectivity index (χ2n) is 5.62. The number of carbonyl (C=O) groups excluding carboxylic acids is 1. The van der Waals surface area contributed by atoms with E-state index in [1.54, 1.807) is 12.4 Å². The minimum atomic E-state index is 0.0329. The van der Waals surface area contributed by atoms with Gasteiger partial charge >= 0.3 is 0 Å². The van der Waals surface area contributed by atoms with Gasteiger partial charge < -0.3 is 10.2 Å². The van der Waals surface area contributed by atoms with Crippen molar-refractivity contribution in [3.63, 3.8) is 0 Å². The minimum absolute atomic E-state index is 0.0329. The summed E-state index contributed by atoms with van der Waals surface area (Å²) >= 11 is 0. The SMILES string of the molecule is CC(c1ccncc1)N1CCCC(NC2CC2)C1=O. The van der Waals surface area contributed by atoms with E-state index >= 15 is 0 Å². The lowest BCUT2D eigenvalue weighted by Crippen LogP contribution is -2.51. The summed E-state index contributed by atoms with van der Waals surface area (Å²) in [6.45, 7) is 2.97. The highest BCUT2D eigenvalue weighted by Crippen LogP contribution is 2.27. The molecular formula is C15H21N3O. The highest BCUT2D eigenvalue weighted by molar-refractivity contribution is 5.83. The van der Waals surface area contributed by atoms with Crippen LogP contribution in [0.3, 0.4) is 0 Å². The molecule has 0 radical (unpaired) electrons. The number of aromatic nitrogens is 1. The molecule has 4 heteroatoms. The van der Waals surface area contributed by atoms with Crippen molar-refractivity contribution in [2.24, 2.45) is 0 Å². The van der Waals surface area contributed by atoms with Crippen LogP contribution in [0.1, 0.15) is 44.2 Å². The monoisotopic (exact) mass is 259 g/mol. The Morgan fingerprint density at radius 2 is 2.05 bits per heavy atom. The first-order valence-electron chi connectivity index (χ1n) is 7.22. The van der Waals surface area contributed by atoms with Crippen LogP contribution in [-0.4, -0.2) is 34.4 Å². The fourth-order valence-corrected chi connectivity index (χ4v) is 2.80. The van der Waals surface area contributed by atoms with Crippen LogP contribution in [-0.2, 0) is 4.79 Å². The summed E-state index contributed by atoms with van der Waals surface area (Å²) in [7, 11) is 0. The summed E-state index contributed by atoms with van der Waals surface area (Å²) in [5.41, 5.74) is 1.16. The molecule has 2 unspecified atom stereocenters. The van der Waals surface area contributed by atoms with Crippen LogP contribution in [0.4, 0.5) is 0 Å². The second kappa shape index (κ2) is 5.29. The zero-order valence-corrected chi connectivity index (χ0v) is 11.4. The van der Waals surface area contributed by atoms with Crippen molar-refractivity contribution in [3.05, 3.63) is 30.1 Å². The van der Waals surface area contributed by atoms with Gasteiger partial charge in [0.25, 0.3) is 0 Å². The van der Waals surface area contributed by atoms with Gasteiger partial charge in [0.1, 0.15) is 0 Å². The molecule has 2 aliphatic rings. The van der Waals surface area contributed by atoms with Crippen LogP contribution in [0.2, 0.25) is 0 Å². The van der Waals surface area contributed by atoms with E-state index in [0.29, 0.717) is 6.04 Å². The summed E-state index contributed by atoms with van der Waals surface area (Å²) in [6.07, 6.45) is 8.11. The normalized spacial score (nSPS) is 25.4. The summed E-state index contributed by atoms with van der Waals surface area (Å²) < 4.78 is 0. The predicted molar refractivity (Wildman–Crippen MR) is 73.5 cm³/mol. The van der Waals surface area contributed by atoms with Crippen molar-refractivity contribution in [3.8, 4) is 0 Å². The third-order valence-corrected chi connectivity index (χ3v) is 4.14. The van der Waals surface area contributed by atoms with Crippen LogP contribution >= 0.6 is 0 Å². The number of carbonyl (C=O) groups is 1. The molecule has 1 amide bonds. The van der Waals surface area contributed by atoms with Crippen molar-refractivity contribution in [2.75, 3.05) is 6.54 Å². The Bertz CT molecular complexity index is 444.